The van der Waals surface area contributed by atoms with E-state index in [1.54, 1.807) is 24.3 Å². The third-order valence-corrected chi connectivity index (χ3v) is 3.94. The molecule has 2 aromatic rings. The van der Waals surface area contributed by atoms with Crippen molar-refractivity contribution in [1.82, 2.24) is 5.32 Å². The van der Waals surface area contributed by atoms with Gasteiger partial charge in [0.15, 0.2) is 0 Å². The first kappa shape index (κ1) is 19.4. The largest absolute Gasteiger partial charge is 0.417 e. The second kappa shape index (κ2) is 8.45. The Morgan fingerprint density at radius 2 is 1.72 bits per heavy atom. The number of carbonyl (C=O) groups is 1. The number of nitrogens with one attached hydrogen (secondary N) is 2. The molecule has 2 rings (SSSR count). The van der Waals surface area contributed by atoms with E-state index in [0.717, 1.165) is 11.6 Å². The number of halogens is 5. The summed E-state index contributed by atoms with van der Waals surface area (Å²) in [7, 11) is 0. The Hall–Kier alpha value is -1.92. The van der Waals surface area contributed by atoms with E-state index in [1.807, 2.05) is 0 Å². The maximum atomic E-state index is 12.8. The molecule has 0 spiro atoms. The zero-order chi connectivity index (χ0) is 18.4. The second-order valence-corrected chi connectivity index (χ2v) is 6.12. The lowest BCUT2D eigenvalue weighted by atomic mass is 10.2. The smallest absolute Gasteiger partial charge is 0.385 e. The Labute approximate surface area is 153 Å². The van der Waals surface area contributed by atoms with Crippen LogP contribution in [-0.2, 0) is 17.5 Å². The number of hydrogen-bond acceptors (Lipinski definition) is 2. The molecule has 0 fully saturated rings. The van der Waals surface area contributed by atoms with Gasteiger partial charge in [0, 0.05) is 30.2 Å². The fourth-order valence-electron chi connectivity index (χ4n) is 2.06. The summed E-state index contributed by atoms with van der Waals surface area (Å²) in [5.41, 5.74) is 0.242. The van der Waals surface area contributed by atoms with Crippen LogP contribution in [0.15, 0.2) is 42.5 Å². The number of alkyl halides is 3. The van der Waals surface area contributed by atoms with Crippen molar-refractivity contribution in [2.45, 2.75) is 19.1 Å². The lowest BCUT2D eigenvalue weighted by molar-refractivity contribution is -0.137. The summed E-state index contributed by atoms with van der Waals surface area (Å²) in [6.07, 6.45) is -4.40. The molecule has 1 amide bonds. The Morgan fingerprint density at radius 1 is 1.04 bits per heavy atom. The van der Waals surface area contributed by atoms with E-state index in [2.05, 4.69) is 10.6 Å². The topological polar surface area (TPSA) is 41.1 Å². The average Bonchev–Trinajstić information content (AvgIpc) is 2.55. The molecule has 0 bridgehead atoms. The Balaban J connectivity index is 1.80. The van der Waals surface area contributed by atoms with Gasteiger partial charge in [0.25, 0.3) is 0 Å². The summed E-state index contributed by atoms with van der Waals surface area (Å²) in [5.74, 6) is -0.215. The Morgan fingerprint density at radius 3 is 2.36 bits per heavy atom. The van der Waals surface area contributed by atoms with Crippen molar-refractivity contribution in [2.24, 2.45) is 0 Å². The molecule has 134 valence electrons. The van der Waals surface area contributed by atoms with Crippen molar-refractivity contribution in [2.75, 3.05) is 11.9 Å². The molecule has 2 aromatic carbocycles. The highest BCUT2D eigenvalue weighted by Gasteiger charge is 2.33. The molecule has 0 saturated carbocycles. The van der Waals surface area contributed by atoms with Crippen LogP contribution < -0.4 is 10.6 Å². The number of hydrogen-bond donors (Lipinski definition) is 2. The van der Waals surface area contributed by atoms with Gasteiger partial charge in [0.05, 0.1) is 10.6 Å². The lowest BCUT2D eigenvalue weighted by Crippen LogP contribution is -2.24. The van der Waals surface area contributed by atoms with Crippen LogP contribution in [0.3, 0.4) is 0 Å². The van der Waals surface area contributed by atoms with E-state index in [0.29, 0.717) is 11.6 Å². The molecule has 0 atom stereocenters. The van der Waals surface area contributed by atoms with E-state index >= 15 is 0 Å². The van der Waals surface area contributed by atoms with Gasteiger partial charge in [-0.05, 0) is 35.9 Å². The van der Waals surface area contributed by atoms with E-state index in [9.17, 15) is 18.0 Å². The molecule has 0 unspecified atom stereocenters. The number of carbonyl (C=O) groups excluding carboxylic acids is 1. The van der Waals surface area contributed by atoms with E-state index in [-0.39, 0.29) is 29.6 Å². The summed E-state index contributed by atoms with van der Waals surface area (Å²) in [6.45, 7) is 0.556. The molecule has 0 aromatic heterocycles. The first-order chi connectivity index (χ1) is 11.8. The van der Waals surface area contributed by atoms with Gasteiger partial charge in [-0.2, -0.15) is 13.2 Å². The third kappa shape index (κ3) is 6.14. The number of amides is 1. The van der Waals surface area contributed by atoms with Gasteiger partial charge in [-0.3, -0.25) is 4.79 Å². The van der Waals surface area contributed by atoms with Crippen LogP contribution in [-0.4, -0.2) is 12.5 Å². The van der Waals surface area contributed by atoms with Crippen molar-refractivity contribution < 1.29 is 18.0 Å². The van der Waals surface area contributed by atoms with E-state index in [4.69, 9.17) is 23.2 Å². The first-order valence-corrected chi connectivity index (χ1v) is 8.13. The molecule has 2 N–H and O–H groups in total. The molecular formula is C17H15Cl2F3N2O. The average molecular weight is 391 g/mol. The van der Waals surface area contributed by atoms with Crippen LogP contribution in [0.5, 0.6) is 0 Å². The molecule has 0 heterocycles. The van der Waals surface area contributed by atoms with Gasteiger partial charge in [-0.25, -0.2) is 0 Å². The zero-order valence-corrected chi connectivity index (χ0v) is 14.5. The second-order valence-electron chi connectivity index (χ2n) is 5.27. The standard InChI is InChI=1S/C17H15Cl2F3N2O/c18-12-3-1-11(2-4-12)10-24-16(25)7-8-23-13-5-6-15(19)14(9-13)17(20,21)22/h1-6,9,23H,7-8,10H2,(H,24,25). The van der Waals surface area contributed by atoms with Gasteiger partial charge in [0.2, 0.25) is 5.91 Å². The summed E-state index contributed by atoms with van der Waals surface area (Å²) in [6, 6.07) is 10.6. The van der Waals surface area contributed by atoms with Crippen LogP contribution >= 0.6 is 23.2 Å². The van der Waals surface area contributed by atoms with Gasteiger partial charge in [0.1, 0.15) is 0 Å². The molecule has 0 saturated heterocycles. The molecule has 0 radical (unpaired) electrons. The minimum atomic E-state index is -4.52. The summed E-state index contributed by atoms with van der Waals surface area (Å²) < 4.78 is 38.3. The van der Waals surface area contributed by atoms with Gasteiger partial charge in [-0.1, -0.05) is 35.3 Å². The van der Waals surface area contributed by atoms with Crippen LogP contribution in [0.2, 0.25) is 10.0 Å². The molecule has 0 aliphatic heterocycles. The maximum Gasteiger partial charge on any atom is 0.417 e. The molecule has 25 heavy (non-hydrogen) atoms. The molecule has 3 nitrogen and oxygen atoms in total. The molecule has 8 heteroatoms. The van der Waals surface area contributed by atoms with E-state index in [1.165, 1.54) is 12.1 Å². The molecule has 0 aliphatic rings. The van der Waals surface area contributed by atoms with Crippen LogP contribution in [0, 0.1) is 0 Å². The number of benzene rings is 2. The van der Waals surface area contributed by atoms with Gasteiger partial charge >= 0.3 is 6.18 Å². The monoisotopic (exact) mass is 390 g/mol. The quantitative estimate of drug-likeness (QED) is 0.717. The minimum Gasteiger partial charge on any atom is -0.385 e. The van der Waals surface area contributed by atoms with Crippen molar-refractivity contribution in [3.05, 3.63) is 63.6 Å². The van der Waals surface area contributed by atoms with Crippen LogP contribution in [0.25, 0.3) is 0 Å². The highest BCUT2D eigenvalue weighted by molar-refractivity contribution is 6.31. The highest BCUT2D eigenvalue weighted by atomic mass is 35.5. The lowest BCUT2D eigenvalue weighted by Gasteiger charge is -2.12. The summed E-state index contributed by atoms with van der Waals surface area (Å²) in [4.78, 5) is 11.8. The third-order valence-electron chi connectivity index (χ3n) is 3.36. The molecular weight excluding hydrogens is 376 g/mol. The van der Waals surface area contributed by atoms with Crippen molar-refractivity contribution in [3.8, 4) is 0 Å². The van der Waals surface area contributed by atoms with E-state index < -0.39 is 11.7 Å². The van der Waals surface area contributed by atoms with Crippen molar-refractivity contribution >= 4 is 34.8 Å². The fraction of sp³-hybridized carbons (Fsp3) is 0.235. The number of anilines is 1. The van der Waals surface area contributed by atoms with Crippen LogP contribution in [0.4, 0.5) is 18.9 Å². The SMILES string of the molecule is O=C(CCNc1ccc(Cl)c(C(F)(F)F)c1)NCc1ccc(Cl)cc1. The first-order valence-electron chi connectivity index (χ1n) is 7.37. The fourth-order valence-corrected chi connectivity index (χ4v) is 2.41. The predicted octanol–water partition coefficient (Wildman–Crippen LogP) is 5.13. The normalized spacial score (nSPS) is 11.2. The highest BCUT2D eigenvalue weighted by Crippen LogP contribution is 2.36. The van der Waals surface area contributed by atoms with Crippen molar-refractivity contribution in [3.63, 3.8) is 0 Å². The van der Waals surface area contributed by atoms with Crippen LogP contribution in [0.1, 0.15) is 17.5 Å². The maximum absolute atomic E-state index is 12.8. The van der Waals surface area contributed by atoms with Gasteiger partial charge < -0.3 is 10.6 Å². The Bertz CT molecular complexity index is 734. The summed E-state index contributed by atoms with van der Waals surface area (Å²) in [5, 5.41) is 5.76. The summed E-state index contributed by atoms with van der Waals surface area (Å²) >= 11 is 11.3. The number of rotatable bonds is 6. The Kier molecular flexibility index (Phi) is 6.56. The van der Waals surface area contributed by atoms with Crippen molar-refractivity contribution in [1.29, 1.82) is 0 Å². The predicted molar refractivity (Wildman–Crippen MR) is 92.9 cm³/mol. The minimum absolute atomic E-state index is 0.123. The van der Waals surface area contributed by atoms with Gasteiger partial charge in [-0.15, -0.1) is 0 Å². The zero-order valence-electron chi connectivity index (χ0n) is 13.0. The molecule has 0 aliphatic carbocycles.